The van der Waals surface area contributed by atoms with Crippen LogP contribution in [0.4, 0.5) is 15.8 Å². The Kier molecular flexibility index (Phi) is 5.90. The number of thiocarbonyl (C=S) groups is 1. The molecule has 0 bridgehead atoms. The van der Waals surface area contributed by atoms with Crippen LogP contribution in [-0.4, -0.2) is 5.11 Å². The number of benzene rings is 2. The molecule has 0 heterocycles. The zero-order chi connectivity index (χ0) is 15.9. The molecular weight excluding hydrogens is 295 g/mol. The maximum atomic E-state index is 13.3. The first kappa shape index (κ1) is 16.4. The van der Waals surface area contributed by atoms with Gasteiger partial charge in [0.25, 0.3) is 0 Å². The smallest absolute Gasteiger partial charge is 0.175 e. The number of nitrogens with one attached hydrogen (secondary N) is 2. The van der Waals surface area contributed by atoms with Gasteiger partial charge in [0.2, 0.25) is 0 Å². The molecule has 0 saturated carbocycles. The van der Waals surface area contributed by atoms with Gasteiger partial charge in [-0.15, -0.1) is 0 Å². The molecular formula is C18H21FN2S. The molecule has 0 aliphatic heterocycles. The number of aryl methyl sites for hydroxylation is 2. The van der Waals surface area contributed by atoms with Gasteiger partial charge in [0.15, 0.2) is 5.11 Å². The maximum absolute atomic E-state index is 13.3. The third-order valence-electron chi connectivity index (χ3n) is 3.48. The van der Waals surface area contributed by atoms with Crippen molar-refractivity contribution in [1.82, 2.24) is 0 Å². The Bertz CT molecular complexity index is 638. The van der Waals surface area contributed by atoms with Crippen LogP contribution in [0.25, 0.3) is 0 Å². The lowest BCUT2D eigenvalue weighted by Gasteiger charge is -2.13. The van der Waals surface area contributed by atoms with E-state index in [9.17, 15) is 4.39 Å². The minimum absolute atomic E-state index is 0.281. The van der Waals surface area contributed by atoms with Gasteiger partial charge in [0, 0.05) is 11.4 Å². The van der Waals surface area contributed by atoms with E-state index >= 15 is 0 Å². The summed E-state index contributed by atoms with van der Waals surface area (Å²) >= 11 is 5.28. The molecule has 2 rings (SSSR count). The van der Waals surface area contributed by atoms with E-state index in [0.717, 1.165) is 17.7 Å². The summed E-state index contributed by atoms with van der Waals surface area (Å²) < 4.78 is 13.3. The third-order valence-corrected chi connectivity index (χ3v) is 3.68. The van der Waals surface area contributed by atoms with E-state index in [1.165, 1.54) is 30.5 Å². The number of hydrogen-bond acceptors (Lipinski definition) is 1. The zero-order valence-electron chi connectivity index (χ0n) is 12.9. The van der Waals surface area contributed by atoms with Crippen molar-refractivity contribution in [2.45, 2.75) is 33.1 Å². The fraction of sp³-hybridized carbons (Fsp3) is 0.278. The maximum Gasteiger partial charge on any atom is 0.175 e. The first-order valence-electron chi connectivity index (χ1n) is 7.51. The Morgan fingerprint density at radius 2 is 1.82 bits per heavy atom. The fourth-order valence-electron chi connectivity index (χ4n) is 2.15. The van der Waals surface area contributed by atoms with E-state index in [1.807, 2.05) is 19.1 Å². The molecule has 2 aromatic rings. The highest BCUT2D eigenvalue weighted by Gasteiger charge is 2.03. The molecule has 0 fully saturated rings. The predicted octanol–water partition coefficient (Wildman–Crippen LogP) is 5.29. The van der Waals surface area contributed by atoms with Crippen LogP contribution in [0.1, 0.15) is 30.9 Å². The van der Waals surface area contributed by atoms with E-state index in [-0.39, 0.29) is 5.82 Å². The Morgan fingerprint density at radius 3 is 2.50 bits per heavy atom. The Hall–Kier alpha value is -1.94. The molecule has 116 valence electrons. The monoisotopic (exact) mass is 316 g/mol. The van der Waals surface area contributed by atoms with Crippen LogP contribution in [0.2, 0.25) is 0 Å². The average Bonchev–Trinajstić information content (AvgIpc) is 2.50. The highest BCUT2D eigenvalue weighted by molar-refractivity contribution is 7.80. The summed E-state index contributed by atoms with van der Waals surface area (Å²) in [6.45, 7) is 4.10. The second-order valence-electron chi connectivity index (χ2n) is 5.34. The summed E-state index contributed by atoms with van der Waals surface area (Å²) in [5.41, 5.74) is 3.87. The lowest BCUT2D eigenvalue weighted by Crippen LogP contribution is -2.19. The van der Waals surface area contributed by atoms with Gasteiger partial charge in [-0.3, -0.25) is 0 Å². The first-order valence-corrected chi connectivity index (χ1v) is 7.92. The second kappa shape index (κ2) is 7.90. The normalized spacial score (nSPS) is 10.3. The molecule has 0 atom stereocenters. The Labute approximate surface area is 136 Å². The van der Waals surface area contributed by atoms with Gasteiger partial charge < -0.3 is 10.6 Å². The summed E-state index contributed by atoms with van der Waals surface area (Å²) in [6.07, 6.45) is 3.49. The summed E-state index contributed by atoms with van der Waals surface area (Å²) in [7, 11) is 0. The molecule has 22 heavy (non-hydrogen) atoms. The minimum atomic E-state index is -0.281. The first-order chi connectivity index (χ1) is 10.6. The summed E-state index contributed by atoms with van der Waals surface area (Å²) in [6, 6.07) is 12.8. The van der Waals surface area contributed by atoms with E-state index in [2.05, 4.69) is 29.7 Å². The van der Waals surface area contributed by atoms with Crippen molar-refractivity contribution in [3.63, 3.8) is 0 Å². The SMILES string of the molecule is CCCCc1ccc(NC(=S)Nc2cc(F)ccc2C)cc1. The number of halogens is 1. The zero-order valence-corrected chi connectivity index (χ0v) is 13.8. The van der Waals surface area contributed by atoms with Gasteiger partial charge in [0.1, 0.15) is 5.82 Å². The molecule has 2 aromatic carbocycles. The molecule has 0 aliphatic carbocycles. The predicted molar refractivity (Wildman–Crippen MR) is 96.0 cm³/mol. The number of unbranched alkanes of at least 4 members (excludes halogenated alkanes) is 1. The highest BCUT2D eigenvalue weighted by Crippen LogP contribution is 2.17. The minimum Gasteiger partial charge on any atom is -0.332 e. The molecule has 4 heteroatoms. The van der Waals surface area contributed by atoms with Crippen molar-refractivity contribution in [1.29, 1.82) is 0 Å². The van der Waals surface area contributed by atoms with Crippen LogP contribution in [0.3, 0.4) is 0 Å². The Morgan fingerprint density at radius 1 is 1.09 bits per heavy atom. The van der Waals surface area contributed by atoms with Gasteiger partial charge in [-0.2, -0.15) is 0 Å². The third kappa shape index (κ3) is 4.81. The van der Waals surface area contributed by atoms with Gasteiger partial charge in [-0.25, -0.2) is 4.39 Å². The standard InChI is InChI=1S/C18H21FN2S/c1-3-4-5-14-7-10-16(11-8-14)20-18(22)21-17-12-15(19)9-6-13(17)2/h6-12H,3-5H2,1-2H3,(H2,20,21,22). The van der Waals surface area contributed by atoms with Gasteiger partial charge in [-0.05, 0) is 67.4 Å². The van der Waals surface area contributed by atoms with Crippen molar-refractivity contribution in [3.05, 3.63) is 59.4 Å². The molecule has 0 spiro atoms. The lowest BCUT2D eigenvalue weighted by atomic mass is 10.1. The van der Waals surface area contributed by atoms with E-state index < -0.39 is 0 Å². The molecule has 2 nitrogen and oxygen atoms in total. The molecule has 0 aliphatic rings. The largest absolute Gasteiger partial charge is 0.332 e. The molecule has 0 radical (unpaired) electrons. The van der Waals surface area contributed by atoms with E-state index in [1.54, 1.807) is 6.07 Å². The van der Waals surface area contributed by atoms with Gasteiger partial charge in [0.05, 0.1) is 0 Å². The quantitative estimate of drug-likeness (QED) is 0.733. The number of hydrogen-bond donors (Lipinski definition) is 2. The number of anilines is 2. The Balaban J connectivity index is 1.95. The topological polar surface area (TPSA) is 24.1 Å². The lowest BCUT2D eigenvalue weighted by molar-refractivity contribution is 0.628. The average molecular weight is 316 g/mol. The summed E-state index contributed by atoms with van der Waals surface area (Å²) in [5, 5.41) is 6.60. The molecule has 0 saturated heterocycles. The van der Waals surface area contributed by atoms with E-state index in [4.69, 9.17) is 12.2 Å². The fourth-order valence-corrected chi connectivity index (χ4v) is 2.38. The molecule has 2 N–H and O–H groups in total. The van der Waals surface area contributed by atoms with Crippen LogP contribution in [-0.2, 0) is 6.42 Å². The van der Waals surface area contributed by atoms with Crippen LogP contribution < -0.4 is 10.6 Å². The summed E-state index contributed by atoms with van der Waals surface area (Å²) in [5.74, 6) is -0.281. The van der Waals surface area contributed by atoms with E-state index in [0.29, 0.717) is 10.8 Å². The van der Waals surface area contributed by atoms with Gasteiger partial charge in [-0.1, -0.05) is 31.5 Å². The van der Waals surface area contributed by atoms with Crippen molar-refractivity contribution in [2.24, 2.45) is 0 Å². The molecule has 0 amide bonds. The van der Waals surface area contributed by atoms with Crippen molar-refractivity contribution < 1.29 is 4.39 Å². The summed E-state index contributed by atoms with van der Waals surface area (Å²) in [4.78, 5) is 0. The van der Waals surface area contributed by atoms with Crippen LogP contribution in [0.15, 0.2) is 42.5 Å². The van der Waals surface area contributed by atoms with Crippen LogP contribution in [0.5, 0.6) is 0 Å². The van der Waals surface area contributed by atoms with Crippen LogP contribution >= 0.6 is 12.2 Å². The molecule has 0 unspecified atom stereocenters. The molecule has 0 aromatic heterocycles. The van der Waals surface area contributed by atoms with Crippen molar-refractivity contribution in [2.75, 3.05) is 10.6 Å². The van der Waals surface area contributed by atoms with Crippen LogP contribution in [0, 0.1) is 12.7 Å². The van der Waals surface area contributed by atoms with Crippen molar-refractivity contribution in [3.8, 4) is 0 Å². The highest BCUT2D eigenvalue weighted by atomic mass is 32.1. The number of rotatable bonds is 5. The van der Waals surface area contributed by atoms with Gasteiger partial charge >= 0.3 is 0 Å². The second-order valence-corrected chi connectivity index (χ2v) is 5.75. The van der Waals surface area contributed by atoms with Crippen molar-refractivity contribution >= 4 is 28.7 Å².